The molecule has 8 heteroatoms. The maximum atomic E-state index is 11.8. The van der Waals surface area contributed by atoms with Crippen LogP contribution >= 0.6 is 0 Å². The lowest BCUT2D eigenvalue weighted by atomic mass is 9.89. The first-order valence-electron chi connectivity index (χ1n) is 11.1. The summed E-state index contributed by atoms with van der Waals surface area (Å²) in [5.41, 5.74) is 1.71. The van der Waals surface area contributed by atoms with Crippen molar-refractivity contribution in [2.45, 2.75) is 0 Å². The van der Waals surface area contributed by atoms with Crippen molar-refractivity contribution in [2.24, 2.45) is 0 Å². The maximum Gasteiger partial charge on any atom is 0.295 e. The van der Waals surface area contributed by atoms with Crippen LogP contribution in [0.3, 0.4) is 0 Å². The second kappa shape index (κ2) is 8.21. The molecule has 6 aromatic rings. The topological polar surface area (TPSA) is 112 Å². The molecule has 172 valence electrons. The number of fused-ring (bicyclic) bond motifs is 5. The summed E-state index contributed by atoms with van der Waals surface area (Å²) < 4.78 is 0. The van der Waals surface area contributed by atoms with Crippen LogP contribution in [0.15, 0.2) is 97.3 Å². The van der Waals surface area contributed by atoms with Crippen molar-refractivity contribution in [2.75, 3.05) is 0 Å². The van der Waals surface area contributed by atoms with Gasteiger partial charge in [0.1, 0.15) is 11.4 Å². The van der Waals surface area contributed by atoms with Crippen LogP contribution < -0.4 is 0 Å². The highest BCUT2D eigenvalue weighted by Crippen LogP contribution is 2.43. The average molecular weight is 472 g/mol. The molecule has 8 nitrogen and oxygen atoms in total. The predicted molar refractivity (Wildman–Crippen MR) is 139 cm³/mol. The Morgan fingerprint density at radius 1 is 0.500 bits per heavy atom. The fourth-order valence-electron chi connectivity index (χ4n) is 4.85. The van der Waals surface area contributed by atoms with Crippen molar-refractivity contribution < 1.29 is 9.85 Å². The Hall–Kier alpha value is -5.24. The zero-order valence-corrected chi connectivity index (χ0v) is 18.7. The summed E-state index contributed by atoms with van der Waals surface area (Å²) in [7, 11) is 0. The molecule has 36 heavy (non-hydrogen) atoms. The van der Waals surface area contributed by atoms with E-state index in [0.29, 0.717) is 11.1 Å². The van der Waals surface area contributed by atoms with Crippen molar-refractivity contribution in [1.29, 1.82) is 0 Å². The lowest BCUT2D eigenvalue weighted by Gasteiger charge is -2.15. The molecule has 0 atom stereocenters. The number of nitrogens with zero attached hydrogens (tertiary/aromatic N) is 4. The van der Waals surface area contributed by atoms with Gasteiger partial charge >= 0.3 is 0 Å². The summed E-state index contributed by atoms with van der Waals surface area (Å²) in [6.45, 7) is 0. The molecule has 2 aromatic heterocycles. The quantitative estimate of drug-likeness (QED) is 0.154. The summed E-state index contributed by atoms with van der Waals surface area (Å²) in [6, 6.07) is 25.1. The van der Waals surface area contributed by atoms with Crippen LogP contribution in [0.25, 0.3) is 54.8 Å². The third kappa shape index (κ3) is 3.24. The second-order valence-corrected chi connectivity index (χ2v) is 8.29. The molecule has 6 rings (SSSR count). The first-order valence-corrected chi connectivity index (χ1v) is 11.1. The minimum absolute atomic E-state index is 0.0768. The Balaban J connectivity index is 1.80. The van der Waals surface area contributed by atoms with Crippen molar-refractivity contribution in [3.8, 4) is 22.5 Å². The monoisotopic (exact) mass is 472 g/mol. The first kappa shape index (κ1) is 21.3. The minimum atomic E-state index is -0.428. The van der Waals surface area contributed by atoms with Crippen molar-refractivity contribution in [3.63, 3.8) is 0 Å². The molecule has 0 amide bonds. The van der Waals surface area contributed by atoms with Gasteiger partial charge in [-0.1, -0.05) is 48.5 Å². The summed E-state index contributed by atoms with van der Waals surface area (Å²) in [5.74, 6) is 0. The number of rotatable bonds is 4. The highest BCUT2D eigenvalue weighted by Gasteiger charge is 2.23. The van der Waals surface area contributed by atoms with Crippen LogP contribution in [0.4, 0.5) is 11.4 Å². The van der Waals surface area contributed by atoms with Gasteiger partial charge in [0.05, 0.1) is 9.85 Å². The Bertz CT molecular complexity index is 1730. The van der Waals surface area contributed by atoms with Crippen molar-refractivity contribution in [3.05, 3.63) is 118 Å². The Morgan fingerprint density at radius 3 is 1.28 bits per heavy atom. The Kier molecular flexibility index (Phi) is 4.86. The molecule has 0 saturated carbocycles. The smallest absolute Gasteiger partial charge is 0.258 e. The fraction of sp³-hybridized carbons (Fsp3) is 0. The van der Waals surface area contributed by atoms with E-state index in [-0.39, 0.29) is 22.8 Å². The lowest BCUT2D eigenvalue weighted by Crippen LogP contribution is -1.97. The van der Waals surface area contributed by atoms with E-state index >= 15 is 0 Å². The van der Waals surface area contributed by atoms with E-state index in [0.717, 1.165) is 32.3 Å². The third-order valence-electron chi connectivity index (χ3n) is 6.36. The third-order valence-corrected chi connectivity index (χ3v) is 6.36. The molecule has 2 heterocycles. The molecule has 4 aromatic carbocycles. The first-order chi connectivity index (χ1) is 17.5. The predicted octanol–water partition coefficient (Wildman–Crippen LogP) is 7.09. The molecule has 0 aliphatic carbocycles. The van der Waals surface area contributed by atoms with E-state index in [4.69, 9.17) is 0 Å². The van der Waals surface area contributed by atoms with Gasteiger partial charge in [-0.3, -0.25) is 20.2 Å². The Morgan fingerprint density at radius 2 is 0.889 bits per heavy atom. The standard InChI is InChI=1S/C28H16N4O4/c33-31(34)25-11-5-13-29-27(25)23-16-22-18-8-2-4-10-20(18)24(28-26(32(35)36)12-6-14-30-28)15-21(22)17-7-1-3-9-19(17)23/h1-16H. The van der Waals surface area contributed by atoms with Crippen molar-refractivity contribution in [1.82, 2.24) is 9.97 Å². The van der Waals surface area contributed by atoms with Crippen LogP contribution in [0.2, 0.25) is 0 Å². The van der Waals surface area contributed by atoms with E-state index in [1.54, 1.807) is 24.5 Å². The van der Waals surface area contributed by atoms with E-state index in [1.165, 1.54) is 12.1 Å². The van der Waals surface area contributed by atoms with Gasteiger partial charge in [0.25, 0.3) is 11.4 Å². The largest absolute Gasteiger partial charge is 0.295 e. The number of hydrogen-bond donors (Lipinski definition) is 0. The fourth-order valence-corrected chi connectivity index (χ4v) is 4.85. The molecule has 0 spiro atoms. The number of hydrogen-bond acceptors (Lipinski definition) is 6. The van der Waals surface area contributed by atoms with Gasteiger partial charge in [0.15, 0.2) is 0 Å². The van der Waals surface area contributed by atoms with E-state index in [9.17, 15) is 20.2 Å². The van der Waals surface area contributed by atoms with Gasteiger partial charge in [-0.2, -0.15) is 0 Å². The average Bonchev–Trinajstić information content (AvgIpc) is 2.92. The summed E-state index contributed by atoms with van der Waals surface area (Å²) in [4.78, 5) is 31.5. The molecular weight excluding hydrogens is 456 g/mol. The maximum absolute atomic E-state index is 11.8. The molecule has 0 bridgehead atoms. The SMILES string of the molecule is O=[N+]([O-])c1cccnc1-c1cc2c3ccccc3c(-c3ncccc3[N+](=O)[O-])cc2c2ccccc12. The zero-order chi connectivity index (χ0) is 24.8. The molecule has 0 fully saturated rings. The van der Waals surface area contributed by atoms with Crippen molar-refractivity contribution >= 4 is 43.7 Å². The van der Waals surface area contributed by atoms with Crippen LogP contribution in [-0.2, 0) is 0 Å². The van der Waals surface area contributed by atoms with Gasteiger partial charge in [-0.25, -0.2) is 9.97 Å². The molecule has 0 saturated heterocycles. The number of aromatic nitrogens is 2. The highest BCUT2D eigenvalue weighted by atomic mass is 16.6. The lowest BCUT2D eigenvalue weighted by molar-refractivity contribution is -0.384. The summed E-state index contributed by atoms with van der Waals surface area (Å²) >= 11 is 0. The number of benzene rings is 4. The molecule has 0 aliphatic heterocycles. The van der Waals surface area contributed by atoms with Gasteiger partial charge in [0, 0.05) is 35.7 Å². The van der Waals surface area contributed by atoms with Gasteiger partial charge in [-0.05, 0) is 56.6 Å². The van der Waals surface area contributed by atoms with Gasteiger partial charge in [-0.15, -0.1) is 0 Å². The van der Waals surface area contributed by atoms with Gasteiger partial charge in [0.2, 0.25) is 0 Å². The summed E-state index contributed by atoms with van der Waals surface area (Å²) in [6.07, 6.45) is 3.09. The van der Waals surface area contributed by atoms with Crippen LogP contribution in [0.1, 0.15) is 0 Å². The van der Waals surface area contributed by atoms with Crippen LogP contribution in [-0.4, -0.2) is 19.8 Å². The normalized spacial score (nSPS) is 11.2. The molecule has 0 unspecified atom stereocenters. The highest BCUT2D eigenvalue weighted by molar-refractivity contribution is 6.24. The minimum Gasteiger partial charge on any atom is -0.258 e. The molecular formula is C28H16N4O4. The number of pyridine rings is 2. The molecule has 0 radical (unpaired) electrons. The van der Waals surface area contributed by atoms with E-state index in [2.05, 4.69) is 9.97 Å². The van der Waals surface area contributed by atoms with E-state index < -0.39 is 9.85 Å². The summed E-state index contributed by atoms with van der Waals surface area (Å²) in [5, 5.41) is 28.6. The van der Waals surface area contributed by atoms with Gasteiger partial charge < -0.3 is 0 Å². The second-order valence-electron chi connectivity index (χ2n) is 8.29. The van der Waals surface area contributed by atoms with Crippen LogP contribution in [0.5, 0.6) is 0 Å². The molecule has 0 aliphatic rings. The van der Waals surface area contributed by atoms with Crippen LogP contribution in [0, 0.1) is 20.2 Å². The molecule has 0 N–H and O–H groups in total. The van der Waals surface area contributed by atoms with E-state index in [1.807, 2.05) is 60.7 Å². The Labute approximate surface area is 203 Å². The number of nitro groups is 2. The zero-order valence-electron chi connectivity index (χ0n) is 18.7.